The smallest absolute Gasteiger partial charge is 0.294 e. The normalized spacial score (nSPS) is 11.9. The minimum atomic E-state index is -4.83. The molecule has 18 heavy (non-hydrogen) atoms. The van der Waals surface area contributed by atoms with Crippen molar-refractivity contribution in [2.24, 2.45) is 0 Å². The van der Waals surface area contributed by atoms with E-state index in [9.17, 15) is 26.7 Å². The number of hydrogen-bond donors (Lipinski definition) is 0. The first-order valence-electron chi connectivity index (χ1n) is 4.86. The molecule has 0 radical (unpaired) electrons. The Morgan fingerprint density at radius 1 is 1.28 bits per heavy atom. The molecule has 0 unspecified atom stereocenters. The van der Waals surface area contributed by atoms with Crippen LogP contribution in [0.15, 0.2) is 18.2 Å². The van der Waals surface area contributed by atoms with Gasteiger partial charge in [-0.3, -0.25) is 4.79 Å². The summed E-state index contributed by atoms with van der Waals surface area (Å²) in [5.41, 5.74) is -2.64. The number of ketones is 1. The minimum Gasteiger partial charge on any atom is -0.294 e. The standard InChI is InChI=1S/C11H8BrF5O/c12-4-3-9(18)7-2-1-6(10(13)14)5-8(7)11(15,16)17/h1-2,5,10H,3-4H2. The molecule has 1 nitrogen and oxygen atoms in total. The molecule has 0 fully saturated rings. The van der Waals surface area contributed by atoms with Crippen LogP contribution in [0.3, 0.4) is 0 Å². The lowest BCUT2D eigenvalue weighted by Crippen LogP contribution is -2.14. The van der Waals surface area contributed by atoms with Gasteiger partial charge < -0.3 is 0 Å². The number of alkyl halides is 6. The van der Waals surface area contributed by atoms with Crippen LogP contribution in [0.25, 0.3) is 0 Å². The van der Waals surface area contributed by atoms with E-state index in [1.54, 1.807) is 0 Å². The van der Waals surface area contributed by atoms with Crippen molar-refractivity contribution in [2.45, 2.75) is 19.0 Å². The van der Waals surface area contributed by atoms with Gasteiger partial charge in [0.15, 0.2) is 5.78 Å². The highest BCUT2D eigenvalue weighted by Crippen LogP contribution is 2.35. The van der Waals surface area contributed by atoms with E-state index in [4.69, 9.17) is 0 Å². The summed E-state index contributed by atoms with van der Waals surface area (Å²) >= 11 is 2.94. The monoisotopic (exact) mass is 330 g/mol. The Bertz CT molecular complexity index is 442. The van der Waals surface area contributed by atoms with Crippen LogP contribution in [0.1, 0.15) is 34.3 Å². The Morgan fingerprint density at radius 3 is 2.33 bits per heavy atom. The number of carbonyl (C=O) groups excluding carboxylic acids is 1. The van der Waals surface area contributed by atoms with E-state index in [2.05, 4.69) is 15.9 Å². The maximum absolute atomic E-state index is 12.7. The van der Waals surface area contributed by atoms with E-state index >= 15 is 0 Å². The summed E-state index contributed by atoms with van der Waals surface area (Å²) < 4.78 is 62.8. The molecule has 0 amide bonds. The van der Waals surface area contributed by atoms with Crippen molar-refractivity contribution in [1.82, 2.24) is 0 Å². The number of rotatable bonds is 4. The number of hydrogen-bond acceptors (Lipinski definition) is 1. The average molecular weight is 331 g/mol. The molecule has 0 aliphatic heterocycles. The van der Waals surface area contributed by atoms with Gasteiger partial charge in [-0.15, -0.1) is 0 Å². The molecule has 0 heterocycles. The van der Waals surface area contributed by atoms with Gasteiger partial charge in [-0.25, -0.2) is 8.78 Å². The third-order valence-corrected chi connectivity index (χ3v) is 2.62. The molecule has 1 aromatic rings. The van der Waals surface area contributed by atoms with E-state index in [-0.39, 0.29) is 11.8 Å². The highest BCUT2D eigenvalue weighted by atomic mass is 79.9. The maximum Gasteiger partial charge on any atom is 0.417 e. The summed E-state index contributed by atoms with van der Waals surface area (Å²) in [6.07, 6.45) is -7.97. The summed E-state index contributed by atoms with van der Waals surface area (Å²) in [4.78, 5) is 11.5. The average Bonchev–Trinajstić information content (AvgIpc) is 2.27. The fourth-order valence-corrected chi connectivity index (χ4v) is 1.76. The van der Waals surface area contributed by atoms with Crippen LogP contribution >= 0.6 is 15.9 Å². The van der Waals surface area contributed by atoms with Gasteiger partial charge in [0.25, 0.3) is 6.43 Å². The van der Waals surface area contributed by atoms with Gasteiger partial charge in [-0.05, 0) is 6.07 Å². The van der Waals surface area contributed by atoms with E-state index in [1.165, 1.54) is 0 Å². The molecule has 100 valence electrons. The van der Waals surface area contributed by atoms with Crippen molar-refractivity contribution in [3.8, 4) is 0 Å². The van der Waals surface area contributed by atoms with Gasteiger partial charge in [-0.2, -0.15) is 13.2 Å². The highest BCUT2D eigenvalue weighted by molar-refractivity contribution is 9.09. The summed E-state index contributed by atoms with van der Waals surface area (Å²) in [5, 5.41) is 0.208. The lowest BCUT2D eigenvalue weighted by atomic mass is 9.99. The van der Waals surface area contributed by atoms with Crippen molar-refractivity contribution < 1.29 is 26.7 Å². The van der Waals surface area contributed by atoms with Gasteiger partial charge in [0.05, 0.1) is 5.56 Å². The molecule has 7 heteroatoms. The lowest BCUT2D eigenvalue weighted by molar-refractivity contribution is -0.138. The van der Waals surface area contributed by atoms with E-state index in [1.807, 2.05) is 0 Å². The molecule has 0 spiro atoms. The summed E-state index contributed by atoms with van der Waals surface area (Å²) in [6, 6.07) is 1.96. The predicted molar refractivity (Wildman–Crippen MR) is 59.1 cm³/mol. The maximum atomic E-state index is 12.7. The predicted octanol–water partition coefficient (Wildman–Crippen LogP) is 4.61. The fourth-order valence-electron chi connectivity index (χ4n) is 1.40. The van der Waals surface area contributed by atoms with Gasteiger partial charge in [-0.1, -0.05) is 28.1 Å². The van der Waals surface area contributed by atoms with Crippen LogP contribution in [0.2, 0.25) is 0 Å². The summed E-state index contributed by atoms with van der Waals surface area (Å²) in [6.45, 7) is 0. The molecule has 0 bridgehead atoms. The molecule has 0 aliphatic rings. The highest BCUT2D eigenvalue weighted by Gasteiger charge is 2.35. The SMILES string of the molecule is O=C(CCBr)c1ccc(C(F)F)cc1C(F)(F)F. The Balaban J connectivity index is 3.30. The first kappa shape index (κ1) is 15.1. The Morgan fingerprint density at radius 2 is 1.89 bits per heavy atom. The summed E-state index contributed by atoms with van der Waals surface area (Å²) in [7, 11) is 0. The zero-order valence-corrected chi connectivity index (χ0v) is 10.5. The topological polar surface area (TPSA) is 17.1 Å². The molecule has 0 saturated heterocycles. The quantitative estimate of drug-likeness (QED) is 0.447. The minimum absolute atomic E-state index is 0.128. The van der Waals surface area contributed by atoms with Crippen LogP contribution in [0.4, 0.5) is 22.0 Å². The molecule has 0 saturated carbocycles. The van der Waals surface area contributed by atoms with Crippen molar-refractivity contribution in [1.29, 1.82) is 0 Å². The van der Waals surface area contributed by atoms with Gasteiger partial charge in [0, 0.05) is 22.9 Å². The van der Waals surface area contributed by atoms with Crippen molar-refractivity contribution >= 4 is 21.7 Å². The van der Waals surface area contributed by atoms with Crippen molar-refractivity contribution in [3.05, 3.63) is 34.9 Å². The zero-order chi connectivity index (χ0) is 13.9. The number of benzene rings is 1. The molecule has 1 rings (SSSR count). The first-order chi connectivity index (χ1) is 8.27. The van der Waals surface area contributed by atoms with Crippen LogP contribution in [-0.4, -0.2) is 11.1 Å². The van der Waals surface area contributed by atoms with Crippen molar-refractivity contribution in [2.75, 3.05) is 5.33 Å². The fraction of sp³-hybridized carbons (Fsp3) is 0.364. The van der Waals surface area contributed by atoms with Gasteiger partial charge in [0.2, 0.25) is 0 Å². The van der Waals surface area contributed by atoms with Crippen LogP contribution < -0.4 is 0 Å². The molecule has 0 N–H and O–H groups in total. The molecule has 1 aromatic carbocycles. The second-order valence-corrected chi connectivity index (χ2v) is 4.26. The Labute approximate surface area is 108 Å². The Kier molecular flexibility index (Phi) is 4.84. The second kappa shape index (κ2) is 5.77. The van der Waals surface area contributed by atoms with Crippen LogP contribution in [0.5, 0.6) is 0 Å². The van der Waals surface area contributed by atoms with E-state index in [0.29, 0.717) is 6.07 Å². The molecule has 0 aliphatic carbocycles. The first-order valence-corrected chi connectivity index (χ1v) is 5.98. The molecule has 0 aromatic heterocycles. The van der Waals surface area contributed by atoms with Gasteiger partial charge in [0.1, 0.15) is 0 Å². The lowest BCUT2D eigenvalue weighted by Gasteiger charge is -2.13. The summed E-state index contributed by atoms with van der Waals surface area (Å²) in [5.74, 6) is -0.736. The number of carbonyl (C=O) groups is 1. The molecular formula is C11H8BrF5O. The van der Waals surface area contributed by atoms with E-state index < -0.39 is 35.1 Å². The third-order valence-electron chi connectivity index (χ3n) is 2.22. The largest absolute Gasteiger partial charge is 0.417 e. The second-order valence-electron chi connectivity index (χ2n) is 3.47. The molecular weight excluding hydrogens is 323 g/mol. The van der Waals surface area contributed by atoms with E-state index in [0.717, 1.165) is 12.1 Å². The number of halogens is 6. The molecule has 0 atom stereocenters. The Hall–Kier alpha value is -0.980. The van der Waals surface area contributed by atoms with Crippen molar-refractivity contribution in [3.63, 3.8) is 0 Å². The third kappa shape index (κ3) is 3.51. The van der Waals surface area contributed by atoms with Gasteiger partial charge >= 0.3 is 6.18 Å². The van der Waals surface area contributed by atoms with Crippen LogP contribution in [0, 0.1) is 0 Å². The zero-order valence-electron chi connectivity index (χ0n) is 8.90. The number of Topliss-reactive ketones (excluding diaryl/α,β-unsaturated/α-hetero) is 1. The van der Waals surface area contributed by atoms with Crippen LogP contribution in [-0.2, 0) is 6.18 Å².